The third-order valence-corrected chi connectivity index (χ3v) is 5.11. The highest BCUT2D eigenvalue weighted by molar-refractivity contribution is 5.87. The maximum Gasteiger partial charge on any atom is 0.306 e. The Kier molecular flexibility index (Phi) is 3.43. The highest BCUT2D eigenvalue weighted by Gasteiger charge is 2.23. The normalized spacial score (nSPS) is 11.7. The van der Waals surface area contributed by atoms with Gasteiger partial charge in [-0.15, -0.1) is 20.4 Å². The second-order valence-electron chi connectivity index (χ2n) is 6.93. The lowest BCUT2D eigenvalue weighted by Crippen LogP contribution is -1.77. The molecule has 4 heterocycles. The Morgan fingerprint density at radius 2 is 0.900 bits per heavy atom. The van der Waals surface area contributed by atoms with Crippen LogP contribution in [0.25, 0.3) is 57.0 Å². The topological polar surface area (TPSA) is 104 Å². The summed E-state index contributed by atoms with van der Waals surface area (Å²) in [6.45, 7) is 3.89. The smallest absolute Gasteiger partial charge is 0.306 e. The Morgan fingerprint density at radius 3 is 1.33 bits per heavy atom. The Hall–Kier alpha value is -4.20. The van der Waals surface area contributed by atoms with Crippen molar-refractivity contribution in [3.8, 4) is 35.1 Å². The molecule has 0 unspecified atom stereocenters. The van der Waals surface area contributed by atoms with E-state index < -0.39 is 0 Å². The number of nitrogens with zero attached hydrogens (tertiary/aromatic N) is 4. The standard InChI is InChI=1S/C22H14N4O4/c1-11-13-7-3-5-9-15(13)27-17(11)19-23-25-21(29-19)22-26-24-20(30-22)18-12(2)14-8-4-6-10-16(14)28-18/h3-10H,1-2H3. The average molecular weight is 398 g/mol. The van der Waals surface area contributed by atoms with Crippen LogP contribution in [0.2, 0.25) is 0 Å². The van der Waals surface area contributed by atoms with Crippen molar-refractivity contribution in [3.05, 3.63) is 59.7 Å². The minimum absolute atomic E-state index is 0.109. The van der Waals surface area contributed by atoms with E-state index in [2.05, 4.69) is 20.4 Å². The minimum Gasteiger partial charge on any atom is -0.451 e. The van der Waals surface area contributed by atoms with Crippen LogP contribution in [0.3, 0.4) is 0 Å². The number of benzene rings is 2. The van der Waals surface area contributed by atoms with Crippen molar-refractivity contribution in [2.24, 2.45) is 0 Å². The first kappa shape index (κ1) is 16.7. The summed E-state index contributed by atoms with van der Waals surface area (Å²) in [5, 5.41) is 18.3. The molecule has 0 saturated carbocycles. The fourth-order valence-corrected chi connectivity index (χ4v) is 3.56. The molecule has 0 amide bonds. The first-order valence-corrected chi connectivity index (χ1v) is 9.33. The largest absolute Gasteiger partial charge is 0.451 e. The van der Waals surface area contributed by atoms with Gasteiger partial charge in [0.25, 0.3) is 11.8 Å². The average Bonchev–Trinajstić information content (AvgIpc) is 3.54. The fourth-order valence-electron chi connectivity index (χ4n) is 3.56. The van der Waals surface area contributed by atoms with Crippen LogP contribution in [0.4, 0.5) is 0 Å². The SMILES string of the molecule is Cc1c(-c2nnc(-c3nnc(-c4oc5ccccc5c4C)o3)o2)oc2ccccc12. The van der Waals surface area contributed by atoms with Crippen molar-refractivity contribution in [2.75, 3.05) is 0 Å². The molecule has 0 aliphatic carbocycles. The van der Waals surface area contributed by atoms with Crippen LogP contribution in [0.5, 0.6) is 0 Å². The number of aryl methyl sites for hydroxylation is 2. The van der Waals surface area contributed by atoms with Gasteiger partial charge in [-0.2, -0.15) is 0 Å². The van der Waals surface area contributed by atoms with Crippen LogP contribution in [0.15, 0.2) is 66.2 Å². The molecule has 6 aromatic rings. The lowest BCUT2D eigenvalue weighted by Gasteiger charge is -1.90. The second kappa shape index (κ2) is 6.15. The Balaban J connectivity index is 1.38. The van der Waals surface area contributed by atoms with Gasteiger partial charge in [-0.25, -0.2) is 0 Å². The Bertz CT molecular complexity index is 1420. The lowest BCUT2D eigenvalue weighted by atomic mass is 10.1. The summed E-state index contributed by atoms with van der Waals surface area (Å²) in [6.07, 6.45) is 0. The van der Waals surface area contributed by atoms with Crippen LogP contribution in [-0.2, 0) is 0 Å². The van der Waals surface area contributed by atoms with Gasteiger partial charge in [0.05, 0.1) is 0 Å². The number of fused-ring (bicyclic) bond motifs is 2. The number of rotatable bonds is 3. The molecule has 30 heavy (non-hydrogen) atoms. The molecule has 0 radical (unpaired) electrons. The summed E-state index contributed by atoms with van der Waals surface area (Å²) in [5.41, 5.74) is 3.35. The molecule has 0 atom stereocenters. The number of para-hydroxylation sites is 2. The van der Waals surface area contributed by atoms with Crippen molar-refractivity contribution in [1.82, 2.24) is 20.4 Å². The van der Waals surface area contributed by atoms with Crippen molar-refractivity contribution in [1.29, 1.82) is 0 Å². The first-order valence-electron chi connectivity index (χ1n) is 9.33. The monoisotopic (exact) mass is 398 g/mol. The van der Waals surface area contributed by atoms with Gasteiger partial charge in [0.2, 0.25) is 0 Å². The molecule has 0 fully saturated rings. The molecule has 8 nitrogen and oxygen atoms in total. The quantitative estimate of drug-likeness (QED) is 0.381. The summed E-state index contributed by atoms with van der Waals surface area (Å²) < 4.78 is 23.3. The van der Waals surface area contributed by atoms with Gasteiger partial charge in [-0.1, -0.05) is 36.4 Å². The molecule has 2 aromatic carbocycles. The van der Waals surface area contributed by atoms with Gasteiger partial charge >= 0.3 is 11.8 Å². The highest BCUT2D eigenvalue weighted by atomic mass is 16.4. The fraction of sp³-hybridized carbons (Fsp3) is 0.0909. The number of furan rings is 2. The molecule has 0 N–H and O–H groups in total. The second-order valence-corrected chi connectivity index (χ2v) is 6.93. The molecule has 0 bridgehead atoms. The zero-order valence-electron chi connectivity index (χ0n) is 16.0. The molecular formula is C22H14N4O4. The minimum atomic E-state index is 0.109. The highest BCUT2D eigenvalue weighted by Crippen LogP contribution is 2.35. The maximum absolute atomic E-state index is 5.88. The van der Waals surface area contributed by atoms with E-state index in [1.807, 2.05) is 62.4 Å². The molecule has 0 aliphatic heterocycles. The van der Waals surface area contributed by atoms with Gasteiger partial charge in [0.1, 0.15) is 11.2 Å². The zero-order chi connectivity index (χ0) is 20.2. The van der Waals surface area contributed by atoms with E-state index in [-0.39, 0.29) is 23.6 Å². The van der Waals surface area contributed by atoms with Crippen molar-refractivity contribution < 1.29 is 17.7 Å². The number of hydrogen-bond acceptors (Lipinski definition) is 8. The zero-order valence-corrected chi connectivity index (χ0v) is 16.0. The van der Waals surface area contributed by atoms with Crippen molar-refractivity contribution in [2.45, 2.75) is 13.8 Å². The summed E-state index contributed by atoms with van der Waals surface area (Å²) in [6, 6.07) is 15.5. The summed E-state index contributed by atoms with van der Waals surface area (Å²) in [5.74, 6) is 1.75. The molecular weight excluding hydrogens is 384 g/mol. The third kappa shape index (κ3) is 2.40. The van der Waals surface area contributed by atoms with Gasteiger partial charge in [0.15, 0.2) is 11.5 Å². The van der Waals surface area contributed by atoms with E-state index in [1.165, 1.54) is 0 Å². The van der Waals surface area contributed by atoms with Gasteiger partial charge in [0, 0.05) is 21.9 Å². The molecule has 8 heteroatoms. The Morgan fingerprint density at radius 1 is 0.500 bits per heavy atom. The van der Waals surface area contributed by atoms with E-state index in [0.717, 1.165) is 33.1 Å². The third-order valence-electron chi connectivity index (χ3n) is 5.11. The lowest BCUT2D eigenvalue weighted by molar-refractivity contribution is 0.497. The van der Waals surface area contributed by atoms with Gasteiger partial charge in [-0.05, 0) is 26.0 Å². The van der Waals surface area contributed by atoms with E-state index in [9.17, 15) is 0 Å². The van der Waals surface area contributed by atoms with E-state index in [4.69, 9.17) is 17.7 Å². The van der Waals surface area contributed by atoms with E-state index >= 15 is 0 Å². The molecule has 0 saturated heterocycles. The van der Waals surface area contributed by atoms with Crippen LogP contribution >= 0.6 is 0 Å². The van der Waals surface area contributed by atoms with Crippen LogP contribution < -0.4 is 0 Å². The van der Waals surface area contributed by atoms with Crippen LogP contribution in [0.1, 0.15) is 11.1 Å². The molecule has 4 aromatic heterocycles. The predicted octanol–water partition coefficient (Wildman–Crippen LogP) is 5.56. The summed E-state index contributed by atoms with van der Waals surface area (Å²) >= 11 is 0. The van der Waals surface area contributed by atoms with Crippen LogP contribution in [0, 0.1) is 13.8 Å². The van der Waals surface area contributed by atoms with Crippen molar-refractivity contribution in [3.63, 3.8) is 0 Å². The molecule has 146 valence electrons. The Labute approximate surface area is 169 Å². The maximum atomic E-state index is 5.88. The number of hydrogen-bond donors (Lipinski definition) is 0. The van der Waals surface area contributed by atoms with E-state index in [0.29, 0.717) is 11.5 Å². The summed E-state index contributed by atoms with van der Waals surface area (Å²) in [7, 11) is 0. The van der Waals surface area contributed by atoms with Crippen molar-refractivity contribution >= 4 is 21.9 Å². The molecule has 0 spiro atoms. The number of aromatic nitrogens is 4. The molecule has 0 aliphatic rings. The molecule has 6 rings (SSSR count). The van der Waals surface area contributed by atoms with E-state index in [1.54, 1.807) is 0 Å². The van der Waals surface area contributed by atoms with Gasteiger partial charge in [-0.3, -0.25) is 0 Å². The van der Waals surface area contributed by atoms with Gasteiger partial charge < -0.3 is 17.7 Å². The van der Waals surface area contributed by atoms with Crippen LogP contribution in [-0.4, -0.2) is 20.4 Å². The predicted molar refractivity (Wildman–Crippen MR) is 107 cm³/mol. The summed E-state index contributed by atoms with van der Waals surface area (Å²) in [4.78, 5) is 0. The first-order chi connectivity index (χ1) is 14.7.